The highest BCUT2D eigenvalue weighted by Gasteiger charge is 2.15. The van der Waals surface area contributed by atoms with E-state index in [0.29, 0.717) is 40.3 Å². The number of halogens is 1. The van der Waals surface area contributed by atoms with Crippen molar-refractivity contribution >= 4 is 38.9 Å². The molecule has 8 nitrogen and oxygen atoms in total. The molecule has 0 radical (unpaired) electrons. The lowest BCUT2D eigenvalue weighted by Gasteiger charge is -2.11. The summed E-state index contributed by atoms with van der Waals surface area (Å²) in [7, 11) is -2.29. The molecule has 0 unspecified atom stereocenters. The molecule has 33 heavy (non-hydrogen) atoms. The molecule has 0 aromatic heterocycles. The molecule has 0 bridgehead atoms. The monoisotopic (exact) mass is 490 g/mol. The van der Waals surface area contributed by atoms with Crippen molar-refractivity contribution in [3.63, 3.8) is 0 Å². The van der Waals surface area contributed by atoms with E-state index in [1.165, 1.54) is 31.4 Å². The maximum atomic E-state index is 12.6. The number of anilines is 2. The number of methoxy groups -OCH3 is 1. The van der Waals surface area contributed by atoms with Crippen LogP contribution < -0.4 is 24.2 Å². The average molecular weight is 491 g/mol. The lowest BCUT2D eigenvalue weighted by molar-refractivity contribution is -0.118. The number of amides is 1. The van der Waals surface area contributed by atoms with E-state index in [0.717, 1.165) is 0 Å². The first-order chi connectivity index (χ1) is 15.8. The van der Waals surface area contributed by atoms with Crippen LogP contribution in [0.4, 0.5) is 11.4 Å². The zero-order chi connectivity index (χ0) is 23.8. The highest BCUT2D eigenvalue weighted by atomic mass is 35.5. The molecule has 0 saturated heterocycles. The molecule has 0 saturated carbocycles. The molecule has 2 N–H and O–H groups in total. The molecule has 0 aliphatic heterocycles. The first-order valence-electron chi connectivity index (χ1n) is 9.92. The second-order valence-corrected chi connectivity index (χ2v) is 8.81. The number of ether oxygens (including phenoxy) is 3. The summed E-state index contributed by atoms with van der Waals surface area (Å²) in [6.45, 7) is 2.13. The summed E-state index contributed by atoms with van der Waals surface area (Å²) >= 11 is 6.04. The van der Waals surface area contributed by atoms with Gasteiger partial charge in [0, 0.05) is 11.4 Å². The summed E-state index contributed by atoms with van der Waals surface area (Å²) in [5.41, 5.74) is 0.908. The number of carbonyl (C=O) groups is 1. The normalized spacial score (nSPS) is 10.9. The number of carbonyl (C=O) groups excluding carboxylic acids is 1. The fraction of sp³-hybridized carbons (Fsp3) is 0.174. The van der Waals surface area contributed by atoms with Crippen molar-refractivity contribution in [1.29, 1.82) is 0 Å². The minimum absolute atomic E-state index is 0.0565. The molecule has 0 heterocycles. The van der Waals surface area contributed by atoms with E-state index < -0.39 is 15.9 Å². The van der Waals surface area contributed by atoms with Crippen LogP contribution in [0.1, 0.15) is 6.92 Å². The molecule has 0 atom stereocenters. The van der Waals surface area contributed by atoms with Crippen LogP contribution in [0, 0.1) is 0 Å². The molecule has 0 spiro atoms. The third kappa shape index (κ3) is 6.77. The Labute approximate surface area is 197 Å². The number of nitrogens with one attached hydrogen (secondary N) is 2. The van der Waals surface area contributed by atoms with Crippen LogP contribution in [-0.2, 0) is 14.8 Å². The second-order valence-electron chi connectivity index (χ2n) is 6.72. The lowest BCUT2D eigenvalue weighted by Crippen LogP contribution is -2.20. The second kappa shape index (κ2) is 10.9. The van der Waals surface area contributed by atoms with Gasteiger partial charge >= 0.3 is 0 Å². The van der Waals surface area contributed by atoms with Crippen molar-refractivity contribution in [3.05, 3.63) is 71.8 Å². The number of sulfonamides is 1. The summed E-state index contributed by atoms with van der Waals surface area (Å²) in [6, 6.07) is 17.2. The SMILES string of the molecule is CCOc1ccc(NS(=O)(=O)c2ccc(OCC(=O)Nc3ccc(OC)c(Cl)c3)cc2)cc1. The van der Waals surface area contributed by atoms with Gasteiger partial charge in [-0.2, -0.15) is 0 Å². The fourth-order valence-corrected chi connectivity index (χ4v) is 4.12. The van der Waals surface area contributed by atoms with E-state index in [2.05, 4.69) is 10.0 Å². The Morgan fingerprint density at radius 3 is 2.12 bits per heavy atom. The molecule has 3 rings (SSSR count). The number of hydrogen-bond acceptors (Lipinski definition) is 6. The van der Waals surface area contributed by atoms with E-state index in [9.17, 15) is 13.2 Å². The molecular formula is C23H23ClN2O6S. The van der Waals surface area contributed by atoms with Gasteiger partial charge in [0.15, 0.2) is 6.61 Å². The predicted octanol–water partition coefficient (Wildman–Crippen LogP) is 4.57. The third-order valence-corrected chi connectivity index (χ3v) is 6.05. The van der Waals surface area contributed by atoms with Crippen molar-refractivity contribution in [2.24, 2.45) is 0 Å². The van der Waals surface area contributed by atoms with Gasteiger partial charge in [-0.1, -0.05) is 11.6 Å². The van der Waals surface area contributed by atoms with E-state index in [4.69, 9.17) is 25.8 Å². The van der Waals surface area contributed by atoms with Crippen LogP contribution in [0.3, 0.4) is 0 Å². The highest BCUT2D eigenvalue weighted by Crippen LogP contribution is 2.27. The smallest absolute Gasteiger partial charge is 0.262 e. The summed E-state index contributed by atoms with van der Waals surface area (Å²) in [5, 5.41) is 3.03. The zero-order valence-electron chi connectivity index (χ0n) is 18.0. The maximum Gasteiger partial charge on any atom is 0.262 e. The van der Waals surface area contributed by atoms with Gasteiger partial charge in [-0.25, -0.2) is 8.42 Å². The number of benzene rings is 3. The van der Waals surface area contributed by atoms with Crippen molar-refractivity contribution in [2.75, 3.05) is 30.4 Å². The van der Waals surface area contributed by atoms with E-state index in [1.807, 2.05) is 6.92 Å². The minimum atomic E-state index is -3.79. The largest absolute Gasteiger partial charge is 0.495 e. The maximum absolute atomic E-state index is 12.6. The molecule has 174 valence electrons. The number of rotatable bonds is 10. The standard InChI is InChI=1S/C23H23ClN2O6S/c1-3-31-18-7-4-16(5-8-18)26-33(28,29)20-11-9-19(10-12-20)32-15-23(27)25-17-6-13-22(30-2)21(24)14-17/h4-14,26H,3,15H2,1-2H3,(H,25,27). The molecule has 3 aromatic carbocycles. The third-order valence-electron chi connectivity index (χ3n) is 4.36. The summed E-state index contributed by atoms with van der Waals surface area (Å²) in [4.78, 5) is 12.2. The van der Waals surface area contributed by atoms with Crippen LogP contribution in [-0.4, -0.2) is 34.6 Å². The van der Waals surface area contributed by atoms with Gasteiger partial charge in [0.2, 0.25) is 0 Å². The Balaban J connectivity index is 1.55. The van der Waals surface area contributed by atoms with Gasteiger partial charge in [0.1, 0.15) is 17.2 Å². The van der Waals surface area contributed by atoms with Crippen molar-refractivity contribution in [3.8, 4) is 17.2 Å². The van der Waals surface area contributed by atoms with Crippen molar-refractivity contribution in [2.45, 2.75) is 11.8 Å². The first kappa shape index (κ1) is 24.2. The minimum Gasteiger partial charge on any atom is -0.495 e. The average Bonchev–Trinajstić information content (AvgIpc) is 2.79. The highest BCUT2D eigenvalue weighted by molar-refractivity contribution is 7.92. The Kier molecular flexibility index (Phi) is 8.02. The Morgan fingerprint density at radius 1 is 0.909 bits per heavy atom. The fourth-order valence-electron chi connectivity index (χ4n) is 2.81. The van der Waals surface area contributed by atoms with E-state index in [1.54, 1.807) is 42.5 Å². The molecule has 10 heteroatoms. The van der Waals surface area contributed by atoms with E-state index in [-0.39, 0.29) is 11.5 Å². The molecular weight excluding hydrogens is 468 g/mol. The zero-order valence-corrected chi connectivity index (χ0v) is 19.6. The summed E-state index contributed by atoms with van der Waals surface area (Å²) in [6.07, 6.45) is 0. The molecule has 0 fully saturated rings. The van der Waals surface area contributed by atoms with Crippen molar-refractivity contribution in [1.82, 2.24) is 0 Å². The first-order valence-corrected chi connectivity index (χ1v) is 11.8. The predicted molar refractivity (Wildman–Crippen MR) is 127 cm³/mol. The topological polar surface area (TPSA) is 103 Å². The van der Waals surface area contributed by atoms with Gasteiger partial charge in [0.25, 0.3) is 15.9 Å². The van der Waals surface area contributed by atoms with Gasteiger partial charge in [0.05, 0.1) is 23.6 Å². The molecule has 0 aliphatic carbocycles. The van der Waals surface area contributed by atoms with Crippen LogP contribution >= 0.6 is 11.6 Å². The van der Waals surface area contributed by atoms with Gasteiger partial charge in [-0.05, 0) is 73.7 Å². The van der Waals surface area contributed by atoms with E-state index >= 15 is 0 Å². The molecule has 1 amide bonds. The lowest BCUT2D eigenvalue weighted by atomic mass is 10.3. The molecule has 3 aromatic rings. The Hall–Kier alpha value is -3.43. The quantitative estimate of drug-likeness (QED) is 0.431. The Morgan fingerprint density at radius 2 is 1.52 bits per heavy atom. The summed E-state index contributed by atoms with van der Waals surface area (Å²) in [5.74, 6) is 1.10. The number of hydrogen-bond donors (Lipinski definition) is 2. The van der Waals surface area contributed by atoms with Gasteiger partial charge in [-0.15, -0.1) is 0 Å². The van der Waals surface area contributed by atoms with Gasteiger partial charge in [-0.3, -0.25) is 9.52 Å². The Bertz CT molecular complexity index is 1200. The van der Waals surface area contributed by atoms with Gasteiger partial charge < -0.3 is 19.5 Å². The van der Waals surface area contributed by atoms with Crippen LogP contribution in [0.5, 0.6) is 17.2 Å². The molecule has 0 aliphatic rings. The van der Waals surface area contributed by atoms with Crippen molar-refractivity contribution < 1.29 is 27.4 Å². The van der Waals surface area contributed by atoms with Crippen LogP contribution in [0.25, 0.3) is 0 Å². The summed E-state index contributed by atoms with van der Waals surface area (Å²) < 4.78 is 43.6. The van der Waals surface area contributed by atoms with Crippen LogP contribution in [0.2, 0.25) is 5.02 Å². The van der Waals surface area contributed by atoms with Crippen LogP contribution in [0.15, 0.2) is 71.6 Å².